The van der Waals surface area contributed by atoms with Crippen LogP contribution in [-0.2, 0) is 6.42 Å². The SMILES string of the molecule is CNC(C)CCc1ccoc1. The van der Waals surface area contributed by atoms with E-state index in [0.717, 1.165) is 12.8 Å². The zero-order valence-corrected chi connectivity index (χ0v) is 7.13. The van der Waals surface area contributed by atoms with E-state index in [-0.39, 0.29) is 0 Å². The van der Waals surface area contributed by atoms with Crippen molar-refractivity contribution in [3.63, 3.8) is 0 Å². The van der Waals surface area contributed by atoms with E-state index >= 15 is 0 Å². The highest BCUT2D eigenvalue weighted by atomic mass is 16.3. The number of nitrogens with one attached hydrogen (secondary N) is 1. The molecule has 0 aromatic carbocycles. The lowest BCUT2D eigenvalue weighted by Crippen LogP contribution is -2.21. The standard InChI is InChI=1S/C9H15NO/c1-8(10-2)3-4-9-5-6-11-7-9/h5-8,10H,3-4H2,1-2H3. The lowest BCUT2D eigenvalue weighted by molar-refractivity contribution is 0.548. The second-order valence-corrected chi connectivity index (χ2v) is 2.86. The maximum atomic E-state index is 4.96. The van der Waals surface area contributed by atoms with Crippen LogP contribution in [0.4, 0.5) is 0 Å². The van der Waals surface area contributed by atoms with Crippen LogP contribution in [0, 0.1) is 0 Å². The fourth-order valence-electron chi connectivity index (χ4n) is 0.962. The third kappa shape index (κ3) is 2.76. The Balaban J connectivity index is 2.23. The minimum Gasteiger partial charge on any atom is -0.472 e. The summed E-state index contributed by atoms with van der Waals surface area (Å²) in [5.41, 5.74) is 1.28. The molecule has 1 aromatic rings. The van der Waals surface area contributed by atoms with Crippen molar-refractivity contribution in [3.8, 4) is 0 Å². The topological polar surface area (TPSA) is 25.2 Å². The first-order chi connectivity index (χ1) is 5.33. The first kappa shape index (κ1) is 8.34. The van der Waals surface area contributed by atoms with Crippen LogP contribution in [0.3, 0.4) is 0 Å². The van der Waals surface area contributed by atoms with E-state index in [1.807, 2.05) is 19.4 Å². The van der Waals surface area contributed by atoms with Gasteiger partial charge in [-0.2, -0.15) is 0 Å². The van der Waals surface area contributed by atoms with Gasteiger partial charge in [0, 0.05) is 6.04 Å². The first-order valence-electron chi connectivity index (χ1n) is 4.01. The van der Waals surface area contributed by atoms with Crippen LogP contribution in [0.2, 0.25) is 0 Å². The van der Waals surface area contributed by atoms with Crippen molar-refractivity contribution >= 4 is 0 Å². The highest BCUT2D eigenvalue weighted by Crippen LogP contribution is 2.04. The van der Waals surface area contributed by atoms with Gasteiger partial charge in [-0.25, -0.2) is 0 Å². The summed E-state index contributed by atoms with van der Waals surface area (Å²) in [4.78, 5) is 0. The van der Waals surface area contributed by atoms with E-state index in [4.69, 9.17) is 4.42 Å². The molecule has 1 aromatic heterocycles. The molecule has 1 atom stereocenters. The average molecular weight is 153 g/mol. The Bertz CT molecular complexity index is 181. The molecule has 1 N–H and O–H groups in total. The van der Waals surface area contributed by atoms with Gasteiger partial charge in [-0.1, -0.05) is 0 Å². The first-order valence-corrected chi connectivity index (χ1v) is 4.01. The van der Waals surface area contributed by atoms with Crippen LogP contribution >= 0.6 is 0 Å². The Morgan fingerprint density at radius 1 is 1.64 bits per heavy atom. The molecule has 0 radical (unpaired) electrons. The van der Waals surface area contributed by atoms with Gasteiger partial charge in [-0.15, -0.1) is 0 Å². The molecule has 0 aliphatic carbocycles. The van der Waals surface area contributed by atoms with Gasteiger partial charge in [0.25, 0.3) is 0 Å². The summed E-state index contributed by atoms with van der Waals surface area (Å²) in [6.45, 7) is 2.18. The van der Waals surface area contributed by atoms with Gasteiger partial charge in [-0.05, 0) is 38.4 Å². The van der Waals surface area contributed by atoms with Crippen LogP contribution in [-0.4, -0.2) is 13.1 Å². The van der Waals surface area contributed by atoms with Crippen molar-refractivity contribution in [1.29, 1.82) is 0 Å². The van der Waals surface area contributed by atoms with E-state index in [1.54, 1.807) is 6.26 Å². The summed E-state index contributed by atoms with van der Waals surface area (Å²) in [6.07, 6.45) is 5.79. The number of hydrogen-bond acceptors (Lipinski definition) is 2. The Kier molecular flexibility index (Phi) is 3.17. The van der Waals surface area contributed by atoms with Crippen molar-refractivity contribution in [3.05, 3.63) is 24.2 Å². The Hall–Kier alpha value is -0.760. The lowest BCUT2D eigenvalue weighted by atomic mass is 10.1. The predicted molar refractivity (Wildman–Crippen MR) is 45.6 cm³/mol. The fourth-order valence-corrected chi connectivity index (χ4v) is 0.962. The molecule has 11 heavy (non-hydrogen) atoms. The van der Waals surface area contributed by atoms with Crippen molar-refractivity contribution in [2.24, 2.45) is 0 Å². The van der Waals surface area contributed by atoms with Gasteiger partial charge in [0.05, 0.1) is 12.5 Å². The summed E-state index contributed by atoms with van der Waals surface area (Å²) in [5.74, 6) is 0. The van der Waals surface area contributed by atoms with Crippen LogP contribution in [0.25, 0.3) is 0 Å². The molecule has 62 valence electrons. The molecule has 1 heterocycles. The number of hydrogen-bond donors (Lipinski definition) is 1. The van der Waals surface area contributed by atoms with E-state index < -0.39 is 0 Å². The van der Waals surface area contributed by atoms with Crippen LogP contribution in [0.1, 0.15) is 18.9 Å². The largest absolute Gasteiger partial charge is 0.472 e. The number of rotatable bonds is 4. The highest BCUT2D eigenvalue weighted by molar-refractivity contribution is 5.05. The number of furan rings is 1. The van der Waals surface area contributed by atoms with Gasteiger partial charge in [0.1, 0.15) is 0 Å². The summed E-state index contributed by atoms with van der Waals surface area (Å²) in [6, 6.07) is 2.60. The molecule has 0 saturated heterocycles. The third-order valence-electron chi connectivity index (χ3n) is 1.94. The predicted octanol–water partition coefficient (Wildman–Crippen LogP) is 1.82. The molecule has 0 aliphatic rings. The molecule has 0 spiro atoms. The second kappa shape index (κ2) is 4.19. The van der Waals surface area contributed by atoms with Gasteiger partial charge in [-0.3, -0.25) is 0 Å². The van der Waals surface area contributed by atoms with Gasteiger partial charge < -0.3 is 9.73 Å². The molecule has 2 heteroatoms. The van der Waals surface area contributed by atoms with Gasteiger partial charge >= 0.3 is 0 Å². The average Bonchev–Trinajstić information content (AvgIpc) is 2.52. The van der Waals surface area contributed by atoms with E-state index in [0.29, 0.717) is 6.04 Å². The third-order valence-corrected chi connectivity index (χ3v) is 1.94. The molecule has 2 nitrogen and oxygen atoms in total. The monoisotopic (exact) mass is 153 g/mol. The van der Waals surface area contributed by atoms with Crippen molar-refractivity contribution in [2.75, 3.05) is 7.05 Å². The second-order valence-electron chi connectivity index (χ2n) is 2.86. The Morgan fingerprint density at radius 2 is 2.45 bits per heavy atom. The molecule has 1 rings (SSSR count). The van der Waals surface area contributed by atoms with Crippen molar-refractivity contribution in [2.45, 2.75) is 25.8 Å². The van der Waals surface area contributed by atoms with Gasteiger partial charge in [0.15, 0.2) is 0 Å². The maximum absolute atomic E-state index is 4.96. The minimum absolute atomic E-state index is 0.588. The number of aryl methyl sites for hydroxylation is 1. The van der Waals surface area contributed by atoms with E-state index in [9.17, 15) is 0 Å². The summed E-state index contributed by atoms with van der Waals surface area (Å²) >= 11 is 0. The molecule has 0 amide bonds. The van der Waals surface area contributed by atoms with Crippen LogP contribution in [0.5, 0.6) is 0 Å². The molecule has 0 aliphatic heterocycles. The summed E-state index contributed by atoms with van der Waals surface area (Å²) in [7, 11) is 1.99. The Morgan fingerprint density at radius 3 is 3.00 bits per heavy atom. The van der Waals surface area contributed by atoms with Crippen molar-refractivity contribution in [1.82, 2.24) is 5.32 Å². The maximum Gasteiger partial charge on any atom is 0.0934 e. The quantitative estimate of drug-likeness (QED) is 0.713. The van der Waals surface area contributed by atoms with Crippen LogP contribution < -0.4 is 5.32 Å². The van der Waals surface area contributed by atoms with E-state index in [1.165, 1.54) is 5.56 Å². The van der Waals surface area contributed by atoms with E-state index in [2.05, 4.69) is 12.2 Å². The normalized spacial score (nSPS) is 13.3. The fraction of sp³-hybridized carbons (Fsp3) is 0.556. The molecular formula is C9H15NO. The Labute approximate surface area is 67.6 Å². The zero-order chi connectivity index (χ0) is 8.10. The summed E-state index contributed by atoms with van der Waals surface area (Å²) in [5, 5.41) is 3.20. The lowest BCUT2D eigenvalue weighted by Gasteiger charge is -2.07. The van der Waals surface area contributed by atoms with Crippen molar-refractivity contribution < 1.29 is 4.42 Å². The summed E-state index contributed by atoms with van der Waals surface area (Å²) < 4.78 is 4.96. The minimum atomic E-state index is 0.588. The molecular weight excluding hydrogens is 138 g/mol. The molecule has 1 unspecified atom stereocenters. The van der Waals surface area contributed by atoms with Crippen LogP contribution in [0.15, 0.2) is 23.0 Å². The molecule has 0 fully saturated rings. The smallest absolute Gasteiger partial charge is 0.0934 e. The molecule has 0 bridgehead atoms. The highest BCUT2D eigenvalue weighted by Gasteiger charge is 1.99. The zero-order valence-electron chi connectivity index (χ0n) is 7.13. The molecule has 0 saturated carbocycles. The van der Waals surface area contributed by atoms with Gasteiger partial charge in [0.2, 0.25) is 0 Å².